The van der Waals surface area contributed by atoms with Crippen molar-refractivity contribution in [2.24, 2.45) is 0 Å². The second-order valence-corrected chi connectivity index (χ2v) is 16.0. The lowest BCUT2D eigenvalue weighted by atomic mass is 9.97. The highest BCUT2D eigenvalue weighted by molar-refractivity contribution is 7.19. The summed E-state index contributed by atoms with van der Waals surface area (Å²) in [6, 6.07) is 63.9. The van der Waals surface area contributed by atoms with Crippen LogP contribution in [0.15, 0.2) is 186 Å². The Hall–Kier alpha value is -6.88. The number of fused-ring (bicyclic) bond motifs is 10. The van der Waals surface area contributed by atoms with E-state index in [-0.39, 0.29) is 0 Å². The van der Waals surface area contributed by atoms with Crippen LogP contribution in [0, 0.1) is 0 Å². The molecule has 0 unspecified atom stereocenters. The summed E-state index contributed by atoms with van der Waals surface area (Å²) >= 11 is 1.93. The zero-order chi connectivity index (χ0) is 36.7. The van der Waals surface area contributed by atoms with Gasteiger partial charge in [0, 0.05) is 59.3 Å². The molecular weight excluding hydrogens is 701 g/mol. The Morgan fingerprint density at radius 1 is 0.482 bits per heavy atom. The van der Waals surface area contributed by atoms with Gasteiger partial charge in [0.25, 0.3) is 0 Å². The molecule has 11 aromatic rings. The quantitative estimate of drug-likeness (QED) is 0.176. The minimum absolute atomic E-state index is 0.888. The predicted molar refractivity (Wildman–Crippen MR) is 238 cm³/mol. The monoisotopic (exact) mass is 734 g/mol. The van der Waals surface area contributed by atoms with Crippen LogP contribution in [-0.2, 0) is 6.42 Å². The van der Waals surface area contributed by atoms with E-state index >= 15 is 0 Å². The molecule has 264 valence electrons. The van der Waals surface area contributed by atoms with Crippen LogP contribution in [-0.4, -0.2) is 4.57 Å². The van der Waals surface area contributed by atoms with E-state index in [9.17, 15) is 0 Å². The summed E-state index contributed by atoms with van der Waals surface area (Å²) in [5, 5.41) is 8.52. The zero-order valence-electron chi connectivity index (χ0n) is 30.4. The molecule has 0 saturated heterocycles. The molecule has 4 heteroatoms. The van der Waals surface area contributed by atoms with Crippen LogP contribution in [0.2, 0.25) is 0 Å². The number of para-hydroxylation sites is 2. The first kappa shape index (κ1) is 31.5. The molecule has 0 fully saturated rings. The van der Waals surface area contributed by atoms with Crippen molar-refractivity contribution in [3.8, 4) is 16.8 Å². The van der Waals surface area contributed by atoms with Gasteiger partial charge in [-0.05, 0) is 119 Å². The van der Waals surface area contributed by atoms with Gasteiger partial charge >= 0.3 is 0 Å². The van der Waals surface area contributed by atoms with Gasteiger partial charge in [-0.2, -0.15) is 0 Å². The van der Waals surface area contributed by atoms with Crippen molar-refractivity contribution < 1.29 is 4.42 Å². The number of anilines is 2. The van der Waals surface area contributed by atoms with Gasteiger partial charge in [0.05, 0.1) is 11.0 Å². The molecule has 0 N–H and O–H groups in total. The molecule has 0 atom stereocenters. The van der Waals surface area contributed by atoms with Crippen molar-refractivity contribution in [1.29, 1.82) is 0 Å². The number of furan rings is 1. The highest BCUT2D eigenvalue weighted by Crippen LogP contribution is 2.44. The summed E-state index contributed by atoms with van der Waals surface area (Å²) in [6.07, 6.45) is 4.41. The Morgan fingerprint density at radius 2 is 1.12 bits per heavy atom. The average Bonchev–Trinajstić information content (AvgIpc) is 3.93. The first-order valence-electron chi connectivity index (χ1n) is 19.3. The number of allylic oxidation sites excluding steroid dienone is 1. The van der Waals surface area contributed by atoms with Crippen LogP contribution in [0.5, 0.6) is 0 Å². The number of benzene rings is 8. The first-order chi connectivity index (χ1) is 27.7. The van der Waals surface area contributed by atoms with Gasteiger partial charge in [0.2, 0.25) is 0 Å². The van der Waals surface area contributed by atoms with Crippen LogP contribution in [0.1, 0.15) is 16.9 Å². The zero-order valence-corrected chi connectivity index (χ0v) is 31.3. The van der Waals surface area contributed by atoms with E-state index in [2.05, 4.69) is 191 Å². The van der Waals surface area contributed by atoms with Gasteiger partial charge in [-0.25, -0.2) is 0 Å². The summed E-state index contributed by atoms with van der Waals surface area (Å²) < 4.78 is 10.3. The molecule has 0 aliphatic heterocycles. The van der Waals surface area contributed by atoms with Gasteiger partial charge in [0.15, 0.2) is 0 Å². The summed E-state index contributed by atoms with van der Waals surface area (Å²) in [4.78, 5) is 3.95. The number of hydrogen-bond donors (Lipinski definition) is 0. The first-order valence-corrected chi connectivity index (χ1v) is 20.1. The molecule has 12 rings (SSSR count). The van der Waals surface area contributed by atoms with Gasteiger partial charge in [0.1, 0.15) is 11.2 Å². The molecule has 3 heterocycles. The van der Waals surface area contributed by atoms with Crippen LogP contribution in [0.3, 0.4) is 0 Å². The lowest BCUT2D eigenvalue weighted by molar-refractivity contribution is 0.669. The van der Waals surface area contributed by atoms with Gasteiger partial charge < -0.3 is 13.9 Å². The smallest absolute Gasteiger partial charge is 0.135 e. The standard InChI is InChI=1S/C52H34N2OS/c1-2-10-33(11-3-1)34-18-19-36-29-37(21-20-35(36)28-34)53(39-24-27-52-46(32-39)43-14-6-9-17-51(43)56-52)38-22-25-49-44(30-38)45-31-40(23-26-50(45)55-49)54-47-15-7-4-12-41(47)42-13-5-8-16-48(42)54/h1-23,25-26,28-32H,24,27H2. The third-order valence-corrected chi connectivity index (χ3v) is 12.9. The minimum Gasteiger partial charge on any atom is -0.456 e. The molecule has 0 bridgehead atoms. The molecule has 0 spiro atoms. The Labute approximate surface area is 327 Å². The van der Waals surface area contributed by atoms with Gasteiger partial charge in [-0.1, -0.05) is 103 Å². The fourth-order valence-corrected chi connectivity index (χ4v) is 10.2. The van der Waals surface area contributed by atoms with E-state index in [4.69, 9.17) is 4.42 Å². The molecule has 8 aromatic carbocycles. The molecule has 56 heavy (non-hydrogen) atoms. The lowest BCUT2D eigenvalue weighted by Gasteiger charge is -2.30. The van der Waals surface area contributed by atoms with E-state index in [1.165, 1.54) is 69.9 Å². The third kappa shape index (κ3) is 4.89. The predicted octanol–water partition coefficient (Wildman–Crippen LogP) is 14.8. The third-order valence-electron chi connectivity index (χ3n) is 11.6. The van der Waals surface area contributed by atoms with E-state index in [1.807, 2.05) is 11.3 Å². The Bertz CT molecular complexity index is 3330. The van der Waals surface area contributed by atoms with Crippen molar-refractivity contribution in [2.45, 2.75) is 12.8 Å². The molecule has 0 saturated carbocycles. The largest absolute Gasteiger partial charge is 0.456 e. The Kier molecular flexibility index (Phi) is 6.92. The maximum Gasteiger partial charge on any atom is 0.135 e. The number of aromatic nitrogens is 1. The fraction of sp³-hybridized carbons (Fsp3) is 0.0385. The molecule has 0 amide bonds. The molecular formula is C52H34N2OS. The van der Waals surface area contributed by atoms with E-state index in [0.29, 0.717) is 0 Å². The molecule has 3 nitrogen and oxygen atoms in total. The second kappa shape index (κ2) is 12.3. The highest BCUT2D eigenvalue weighted by atomic mass is 32.1. The molecule has 1 aliphatic carbocycles. The van der Waals surface area contributed by atoms with Crippen LogP contribution in [0.25, 0.3) is 87.5 Å². The number of nitrogens with zero attached hydrogens (tertiary/aromatic N) is 2. The maximum absolute atomic E-state index is 6.53. The maximum atomic E-state index is 6.53. The summed E-state index contributed by atoms with van der Waals surface area (Å²) in [5.74, 6) is 0. The van der Waals surface area contributed by atoms with E-state index in [0.717, 1.165) is 51.8 Å². The van der Waals surface area contributed by atoms with E-state index in [1.54, 1.807) is 0 Å². The number of aryl methyl sites for hydroxylation is 1. The van der Waals surface area contributed by atoms with Crippen LogP contribution in [0.4, 0.5) is 11.4 Å². The summed E-state index contributed by atoms with van der Waals surface area (Å²) in [6.45, 7) is 0. The highest BCUT2D eigenvalue weighted by Gasteiger charge is 2.24. The molecule has 3 aromatic heterocycles. The normalized spacial score (nSPS) is 13.0. The summed E-state index contributed by atoms with van der Waals surface area (Å²) in [5.41, 5.74) is 12.7. The van der Waals surface area contributed by atoms with Crippen molar-refractivity contribution in [3.63, 3.8) is 0 Å². The average molecular weight is 735 g/mol. The Balaban J connectivity index is 1.04. The van der Waals surface area contributed by atoms with Crippen molar-refractivity contribution in [2.75, 3.05) is 4.90 Å². The second-order valence-electron chi connectivity index (χ2n) is 14.9. The number of thiophene rings is 1. The summed E-state index contributed by atoms with van der Waals surface area (Å²) in [7, 11) is 0. The van der Waals surface area contributed by atoms with Gasteiger partial charge in [-0.3, -0.25) is 0 Å². The topological polar surface area (TPSA) is 21.3 Å². The van der Waals surface area contributed by atoms with Crippen molar-refractivity contribution >= 4 is 93.4 Å². The minimum atomic E-state index is 0.888. The molecule has 1 aliphatic rings. The molecule has 0 radical (unpaired) electrons. The van der Waals surface area contributed by atoms with Crippen molar-refractivity contribution in [1.82, 2.24) is 4.57 Å². The number of rotatable bonds is 5. The Morgan fingerprint density at radius 3 is 1.95 bits per heavy atom. The van der Waals surface area contributed by atoms with Gasteiger partial charge in [-0.15, -0.1) is 11.3 Å². The SMILES string of the molecule is C1=C(N(c2ccc3cc(-c4ccccc4)ccc3c2)c2ccc3oc4ccc(-n5c6ccccc6c6ccccc65)cc4c3c2)CCc2sc3ccccc3c21. The van der Waals surface area contributed by atoms with E-state index < -0.39 is 0 Å². The fourth-order valence-electron chi connectivity index (χ4n) is 9.01. The van der Waals surface area contributed by atoms with Crippen LogP contribution >= 0.6 is 11.3 Å². The van der Waals surface area contributed by atoms with Crippen molar-refractivity contribution in [3.05, 3.63) is 192 Å². The number of hydrogen-bond acceptors (Lipinski definition) is 3. The lowest BCUT2D eigenvalue weighted by Crippen LogP contribution is -2.18. The van der Waals surface area contributed by atoms with Crippen LogP contribution < -0.4 is 4.90 Å².